The molecule has 0 aliphatic heterocycles. The molecule has 0 aliphatic carbocycles. The van der Waals surface area contributed by atoms with Crippen molar-refractivity contribution in [3.8, 4) is 0 Å². The standard InChI is InChI=1S/C6H3F3IN/c7-2-1-3(11)5(9)6(10)4(2)8/h1H,11H2. The number of hydrogen-bond donors (Lipinski definition) is 1. The lowest BCUT2D eigenvalue weighted by molar-refractivity contribution is 0.489. The van der Waals surface area contributed by atoms with E-state index in [1.54, 1.807) is 0 Å². The van der Waals surface area contributed by atoms with Crippen molar-refractivity contribution in [1.82, 2.24) is 0 Å². The number of halogens is 4. The summed E-state index contributed by atoms with van der Waals surface area (Å²) in [6, 6.07) is 0.618. The van der Waals surface area contributed by atoms with Crippen molar-refractivity contribution >= 4 is 28.3 Å². The van der Waals surface area contributed by atoms with Crippen molar-refractivity contribution in [1.29, 1.82) is 0 Å². The Labute approximate surface area is 74.5 Å². The minimum Gasteiger partial charge on any atom is -0.396 e. The third kappa shape index (κ3) is 1.42. The summed E-state index contributed by atoms with van der Waals surface area (Å²) in [4.78, 5) is 0. The second-order valence-corrected chi connectivity index (χ2v) is 2.97. The average molecular weight is 273 g/mol. The number of nitrogen functional groups attached to an aromatic ring is 1. The largest absolute Gasteiger partial charge is 0.396 e. The first-order chi connectivity index (χ1) is 5.04. The summed E-state index contributed by atoms with van der Waals surface area (Å²) in [6.45, 7) is 0. The van der Waals surface area contributed by atoms with Gasteiger partial charge < -0.3 is 5.73 Å². The second-order valence-electron chi connectivity index (χ2n) is 1.89. The van der Waals surface area contributed by atoms with E-state index in [-0.39, 0.29) is 5.69 Å². The summed E-state index contributed by atoms with van der Waals surface area (Å²) in [5.41, 5.74) is 4.62. The zero-order valence-corrected chi connectivity index (χ0v) is 7.32. The van der Waals surface area contributed by atoms with Crippen molar-refractivity contribution in [2.24, 2.45) is 0 Å². The lowest BCUT2D eigenvalue weighted by Crippen LogP contribution is -1.99. The molecule has 0 radical (unpaired) electrons. The Kier molecular flexibility index (Phi) is 2.26. The Morgan fingerprint density at radius 3 is 2.27 bits per heavy atom. The smallest absolute Gasteiger partial charge is 0.175 e. The summed E-state index contributed by atoms with van der Waals surface area (Å²) in [5.74, 6) is -3.24. The van der Waals surface area contributed by atoms with Crippen LogP contribution in [0, 0.1) is 21.0 Å². The van der Waals surface area contributed by atoms with Gasteiger partial charge in [0.25, 0.3) is 0 Å². The van der Waals surface area contributed by atoms with E-state index in [0.29, 0.717) is 6.07 Å². The summed E-state index contributed by atoms with van der Waals surface area (Å²) in [5, 5.41) is 0. The van der Waals surface area contributed by atoms with Crippen molar-refractivity contribution < 1.29 is 13.2 Å². The van der Waals surface area contributed by atoms with Crippen LogP contribution in [0.15, 0.2) is 6.07 Å². The number of anilines is 1. The van der Waals surface area contributed by atoms with Gasteiger partial charge in [-0.15, -0.1) is 0 Å². The molecular formula is C6H3F3IN. The molecule has 0 unspecified atom stereocenters. The van der Waals surface area contributed by atoms with E-state index in [2.05, 4.69) is 0 Å². The zero-order chi connectivity index (χ0) is 8.59. The highest BCUT2D eigenvalue weighted by Crippen LogP contribution is 2.22. The maximum atomic E-state index is 12.6. The third-order valence-corrected chi connectivity index (χ3v) is 2.08. The third-order valence-electron chi connectivity index (χ3n) is 1.13. The molecule has 5 heteroatoms. The maximum absolute atomic E-state index is 12.6. The van der Waals surface area contributed by atoms with Crippen molar-refractivity contribution in [3.05, 3.63) is 27.1 Å². The summed E-state index contributed by atoms with van der Waals surface area (Å²) >= 11 is 1.35. The van der Waals surface area contributed by atoms with Gasteiger partial charge in [-0.25, -0.2) is 13.2 Å². The monoisotopic (exact) mass is 273 g/mol. The lowest BCUT2D eigenvalue weighted by atomic mass is 10.3. The Hall–Kier alpha value is -0.460. The minimum absolute atomic E-state index is 0.381. The van der Waals surface area contributed by atoms with Gasteiger partial charge in [-0.1, -0.05) is 0 Å². The molecule has 0 spiro atoms. The molecule has 11 heavy (non-hydrogen) atoms. The molecule has 60 valence electrons. The molecule has 0 atom stereocenters. The molecule has 1 rings (SSSR count). The molecule has 2 N–H and O–H groups in total. The molecule has 0 aromatic heterocycles. The number of benzene rings is 1. The quantitative estimate of drug-likeness (QED) is 0.334. The number of hydrogen-bond acceptors (Lipinski definition) is 1. The predicted molar refractivity (Wildman–Crippen MR) is 43.4 cm³/mol. The van der Waals surface area contributed by atoms with Gasteiger partial charge in [-0.05, 0) is 22.6 Å². The van der Waals surface area contributed by atoms with Gasteiger partial charge in [-0.3, -0.25) is 0 Å². The first-order valence-corrected chi connectivity index (χ1v) is 3.70. The topological polar surface area (TPSA) is 26.0 Å². The molecule has 0 heterocycles. The number of rotatable bonds is 0. The van der Waals surface area contributed by atoms with Crippen LogP contribution in [0.5, 0.6) is 0 Å². The Bertz CT molecular complexity index is 274. The van der Waals surface area contributed by atoms with Gasteiger partial charge in [0.15, 0.2) is 17.5 Å². The van der Waals surface area contributed by atoms with E-state index in [0.717, 1.165) is 0 Å². The fraction of sp³-hybridized carbons (Fsp3) is 0. The van der Waals surface area contributed by atoms with Gasteiger partial charge in [0.1, 0.15) is 0 Å². The van der Waals surface area contributed by atoms with Crippen LogP contribution in [0.3, 0.4) is 0 Å². The van der Waals surface area contributed by atoms with Gasteiger partial charge in [0.2, 0.25) is 0 Å². The van der Waals surface area contributed by atoms with Crippen LogP contribution < -0.4 is 5.73 Å². The fourth-order valence-corrected chi connectivity index (χ4v) is 1.16. The van der Waals surface area contributed by atoms with Crippen molar-refractivity contribution in [2.45, 2.75) is 0 Å². The molecule has 0 saturated carbocycles. The summed E-state index contributed by atoms with van der Waals surface area (Å²) in [6.07, 6.45) is 0. The molecule has 1 aromatic rings. The van der Waals surface area contributed by atoms with Crippen LogP contribution in [0.25, 0.3) is 0 Å². The lowest BCUT2D eigenvalue weighted by Gasteiger charge is -2.00. The van der Waals surface area contributed by atoms with Crippen LogP contribution in [-0.4, -0.2) is 0 Å². The molecule has 0 fully saturated rings. The van der Waals surface area contributed by atoms with Crippen molar-refractivity contribution in [2.75, 3.05) is 5.73 Å². The number of nitrogens with two attached hydrogens (primary N) is 1. The van der Waals surface area contributed by atoms with Gasteiger partial charge >= 0.3 is 0 Å². The highest BCUT2D eigenvalue weighted by molar-refractivity contribution is 14.1. The molecule has 0 aliphatic rings. The van der Waals surface area contributed by atoms with E-state index < -0.39 is 21.0 Å². The normalized spacial score (nSPS) is 10.2. The van der Waals surface area contributed by atoms with Gasteiger partial charge in [-0.2, -0.15) is 0 Å². The highest BCUT2D eigenvalue weighted by atomic mass is 127. The summed E-state index contributed by atoms with van der Waals surface area (Å²) in [7, 11) is 0. The highest BCUT2D eigenvalue weighted by Gasteiger charge is 2.14. The van der Waals surface area contributed by atoms with Gasteiger partial charge in [0.05, 0.1) is 9.26 Å². The van der Waals surface area contributed by atoms with E-state index in [9.17, 15) is 13.2 Å². The molecule has 0 saturated heterocycles. The van der Waals surface area contributed by atoms with Crippen LogP contribution >= 0.6 is 22.6 Å². The average Bonchev–Trinajstić information content (AvgIpc) is 1.97. The first kappa shape index (κ1) is 8.63. The molecular weight excluding hydrogens is 270 g/mol. The SMILES string of the molecule is Nc1cc(F)c(F)c(I)c1F. The van der Waals surface area contributed by atoms with Crippen LogP contribution in [0.1, 0.15) is 0 Å². The molecule has 1 aromatic carbocycles. The molecule has 1 nitrogen and oxygen atoms in total. The van der Waals surface area contributed by atoms with E-state index >= 15 is 0 Å². The fourth-order valence-electron chi connectivity index (χ4n) is 0.591. The first-order valence-electron chi connectivity index (χ1n) is 2.62. The zero-order valence-electron chi connectivity index (χ0n) is 5.17. The van der Waals surface area contributed by atoms with E-state index in [1.165, 1.54) is 22.6 Å². The minimum atomic E-state index is -1.20. The Morgan fingerprint density at radius 2 is 1.73 bits per heavy atom. The second kappa shape index (κ2) is 2.88. The van der Waals surface area contributed by atoms with Crippen LogP contribution in [0.2, 0.25) is 0 Å². The van der Waals surface area contributed by atoms with E-state index in [4.69, 9.17) is 5.73 Å². The summed E-state index contributed by atoms with van der Waals surface area (Å²) < 4.78 is 37.1. The van der Waals surface area contributed by atoms with Crippen LogP contribution in [-0.2, 0) is 0 Å². The van der Waals surface area contributed by atoms with Crippen LogP contribution in [0.4, 0.5) is 18.9 Å². The Balaban J connectivity index is 3.46. The van der Waals surface area contributed by atoms with Crippen molar-refractivity contribution in [3.63, 3.8) is 0 Å². The predicted octanol–water partition coefficient (Wildman–Crippen LogP) is 2.29. The Morgan fingerprint density at radius 1 is 1.18 bits per heavy atom. The van der Waals surface area contributed by atoms with Gasteiger partial charge in [0, 0.05) is 6.07 Å². The van der Waals surface area contributed by atoms with E-state index in [1.807, 2.05) is 0 Å². The maximum Gasteiger partial charge on any atom is 0.175 e. The molecule has 0 amide bonds. The molecule has 0 bridgehead atoms.